The van der Waals surface area contributed by atoms with Crippen molar-refractivity contribution in [1.29, 1.82) is 0 Å². The number of aryl methyl sites for hydroxylation is 1. The van der Waals surface area contributed by atoms with Crippen molar-refractivity contribution in [1.82, 2.24) is 4.72 Å². The van der Waals surface area contributed by atoms with Gasteiger partial charge in [0.25, 0.3) is 10.0 Å². The summed E-state index contributed by atoms with van der Waals surface area (Å²) in [6, 6.07) is 6.11. The zero-order valence-corrected chi connectivity index (χ0v) is 10.9. The van der Waals surface area contributed by atoms with E-state index < -0.39 is 16.1 Å². The van der Waals surface area contributed by atoms with Crippen LogP contribution in [0.25, 0.3) is 0 Å². The van der Waals surface area contributed by atoms with E-state index in [1.807, 2.05) is 6.92 Å². The molecule has 0 radical (unpaired) electrons. The van der Waals surface area contributed by atoms with Crippen molar-refractivity contribution in [3.8, 4) is 11.8 Å². The van der Waals surface area contributed by atoms with Gasteiger partial charge in [-0.1, -0.05) is 23.6 Å². The largest absolute Gasteiger partial charge is 0.436 e. The Hall–Kier alpha value is -2.00. The molecule has 0 bridgehead atoms. The third-order valence-electron chi connectivity index (χ3n) is 2.00. The van der Waals surface area contributed by atoms with Gasteiger partial charge in [-0.2, -0.15) is 0 Å². The minimum atomic E-state index is -3.89. The summed E-state index contributed by atoms with van der Waals surface area (Å²) in [4.78, 5) is 11.2. The highest BCUT2D eigenvalue weighted by molar-refractivity contribution is 7.90. The molecule has 6 heteroatoms. The molecule has 1 amide bonds. The van der Waals surface area contributed by atoms with Crippen LogP contribution in [0.4, 0.5) is 4.79 Å². The zero-order chi connectivity index (χ0) is 13.6. The molecule has 1 N–H and O–H groups in total. The summed E-state index contributed by atoms with van der Waals surface area (Å²) < 4.78 is 29.8. The third-order valence-corrected chi connectivity index (χ3v) is 3.33. The summed E-state index contributed by atoms with van der Waals surface area (Å²) in [6.45, 7) is 3.28. The first-order chi connectivity index (χ1) is 8.45. The molecule has 0 unspecified atom stereocenters. The van der Waals surface area contributed by atoms with E-state index in [0.29, 0.717) is 0 Å². The van der Waals surface area contributed by atoms with Crippen LogP contribution in [-0.4, -0.2) is 21.1 Å². The SMILES string of the molecule is CC#CCOC(=O)NS(=O)(=O)c1ccc(C)cc1. The molecule has 0 heterocycles. The topological polar surface area (TPSA) is 72.5 Å². The maximum Gasteiger partial charge on any atom is 0.422 e. The van der Waals surface area contributed by atoms with Gasteiger partial charge in [-0.15, -0.1) is 5.92 Å². The molecular weight excluding hydrogens is 254 g/mol. The molecule has 0 saturated carbocycles. The third kappa shape index (κ3) is 4.11. The van der Waals surface area contributed by atoms with Gasteiger partial charge in [0.05, 0.1) is 4.90 Å². The maximum absolute atomic E-state index is 11.7. The number of ether oxygens (including phenoxy) is 1. The second-order valence-electron chi connectivity index (χ2n) is 3.42. The first-order valence-electron chi connectivity index (χ1n) is 5.11. The normalized spacial score (nSPS) is 10.1. The Kier molecular flexibility index (Phi) is 4.75. The average Bonchev–Trinajstić information content (AvgIpc) is 2.29. The Balaban J connectivity index is 2.72. The number of sulfonamides is 1. The van der Waals surface area contributed by atoms with Crippen LogP contribution in [0.5, 0.6) is 0 Å². The Morgan fingerprint density at radius 3 is 2.50 bits per heavy atom. The van der Waals surface area contributed by atoms with Crippen LogP contribution in [-0.2, 0) is 14.8 Å². The molecular formula is C12H13NO4S. The van der Waals surface area contributed by atoms with E-state index in [-0.39, 0.29) is 11.5 Å². The Morgan fingerprint density at radius 2 is 1.94 bits per heavy atom. The van der Waals surface area contributed by atoms with E-state index in [1.54, 1.807) is 23.8 Å². The van der Waals surface area contributed by atoms with Crippen molar-refractivity contribution in [3.63, 3.8) is 0 Å². The number of hydrogen-bond acceptors (Lipinski definition) is 4. The van der Waals surface area contributed by atoms with Crippen LogP contribution in [0.3, 0.4) is 0 Å². The number of amides is 1. The van der Waals surface area contributed by atoms with Crippen molar-refractivity contribution in [2.45, 2.75) is 18.7 Å². The summed E-state index contributed by atoms with van der Waals surface area (Å²) in [5.74, 6) is 5.00. The van der Waals surface area contributed by atoms with Crippen LogP contribution in [0, 0.1) is 18.8 Å². The molecule has 0 saturated heterocycles. The van der Waals surface area contributed by atoms with Gasteiger partial charge >= 0.3 is 6.09 Å². The molecule has 18 heavy (non-hydrogen) atoms. The van der Waals surface area contributed by atoms with Gasteiger partial charge in [0.1, 0.15) is 0 Å². The van der Waals surface area contributed by atoms with E-state index in [4.69, 9.17) is 0 Å². The molecule has 0 aliphatic carbocycles. The van der Waals surface area contributed by atoms with Gasteiger partial charge in [0.2, 0.25) is 0 Å². The summed E-state index contributed by atoms with van der Waals surface area (Å²) in [5, 5.41) is 0. The van der Waals surface area contributed by atoms with Gasteiger partial charge in [0, 0.05) is 0 Å². The number of carbonyl (C=O) groups excluding carboxylic acids is 1. The molecule has 0 aliphatic heterocycles. The second-order valence-corrected chi connectivity index (χ2v) is 5.10. The number of rotatable bonds is 3. The van der Waals surface area contributed by atoms with Crippen LogP contribution < -0.4 is 4.72 Å². The van der Waals surface area contributed by atoms with E-state index in [9.17, 15) is 13.2 Å². The van der Waals surface area contributed by atoms with Crippen LogP contribution in [0.15, 0.2) is 29.2 Å². The van der Waals surface area contributed by atoms with Crippen molar-refractivity contribution in [3.05, 3.63) is 29.8 Å². The molecule has 0 fully saturated rings. The van der Waals surface area contributed by atoms with Gasteiger partial charge in [0.15, 0.2) is 6.61 Å². The molecule has 0 aliphatic rings. The van der Waals surface area contributed by atoms with E-state index in [2.05, 4.69) is 16.6 Å². The van der Waals surface area contributed by atoms with E-state index in [1.165, 1.54) is 12.1 Å². The molecule has 1 rings (SSSR count). The molecule has 1 aromatic rings. The molecule has 0 atom stereocenters. The van der Waals surface area contributed by atoms with Crippen molar-refractivity contribution in [2.75, 3.05) is 6.61 Å². The minimum absolute atomic E-state index is 0.00613. The molecule has 5 nitrogen and oxygen atoms in total. The van der Waals surface area contributed by atoms with Gasteiger partial charge in [-0.25, -0.2) is 17.9 Å². The summed E-state index contributed by atoms with van der Waals surface area (Å²) >= 11 is 0. The lowest BCUT2D eigenvalue weighted by molar-refractivity contribution is 0.166. The number of benzene rings is 1. The van der Waals surface area contributed by atoms with Crippen LogP contribution in [0.1, 0.15) is 12.5 Å². The molecule has 0 spiro atoms. The Labute approximate surface area is 106 Å². The first kappa shape index (κ1) is 14.1. The highest BCUT2D eigenvalue weighted by Gasteiger charge is 2.17. The van der Waals surface area contributed by atoms with Crippen molar-refractivity contribution < 1.29 is 17.9 Å². The summed E-state index contributed by atoms with van der Waals surface area (Å²) in [5.41, 5.74) is 0.926. The highest BCUT2D eigenvalue weighted by atomic mass is 32.2. The number of nitrogens with one attached hydrogen (secondary N) is 1. The predicted octanol–water partition coefficient (Wildman–Crippen LogP) is 1.43. The van der Waals surface area contributed by atoms with Gasteiger partial charge in [-0.05, 0) is 26.0 Å². The average molecular weight is 267 g/mol. The fourth-order valence-corrected chi connectivity index (χ4v) is 1.98. The quantitative estimate of drug-likeness (QED) is 0.841. The number of carbonyl (C=O) groups is 1. The smallest absolute Gasteiger partial charge is 0.422 e. The second kappa shape index (κ2) is 6.07. The van der Waals surface area contributed by atoms with Crippen LogP contribution >= 0.6 is 0 Å². The minimum Gasteiger partial charge on any atom is -0.436 e. The lowest BCUT2D eigenvalue weighted by Crippen LogP contribution is -2.31. The standard InChI is InChI=1S/C12H13NO4S/c1-3-4-9-17-12(14)13-18(15,16)11-7-5-10(2)6-8-11/h5-8H,9H2,1-2H3,(H,13,14). The summed E-state index contributed by atoms with van der Waals surface area (Å²) in [7, 11) is -3.89. The van der Waals surface area contributed by atoms with Gasteiger partial charge < -0.3 is 4.74 Å². The fraction of sp³-hybridized carbons (Fsp3) is 0.250. The number of hydrogen-bond donors (Lipinski definition) is 1. The van der Waals surface area contributed by atoms with Gasteiger partial charge in [-0.3, -0.25) is 0 Å². The predicted molar refractivity (Wildman–Crippen MR) is 66.3 cm³/mol. The van der Waals surface area contributed by atoms with Crippen molar-refractivity contribution in [2.24, 2.45) is 0 Å². The lowest BCUT2D eigenvalue weighted by atomic mass is 10.2. The highest BCUT2D eigenvalue weighted by Crippen LogP contribution is 2.09. The van der Waals surface area contributed by atoms with Crippen LogP contribution in [0.2, 0.25) is 0 Å². The first-order valence-corrected chi connectivity index (χ1v) is 6.60. The zero-order valence-electron chi connectivity index (χ0n) is 10.1. The van der Waals surface area contributed by atoms with E-state index in [0.717, 1.165) is 5.56 Å². The Morgan fingerprint density at radius 1 is 1.33 bits per heavy atom. The lowest BCUT2D eigenvalue weighted by Gasteiger charge is -2.06. The molecule has 0 aromatic heterocycles. The fourth-order valence-electron chi connectivity index (χ4n) is 1.09. The molecule has 96 valence electrons. The Bertz CT molecular complexity index is 579. The summed E-state index contributed by atoms with van der Waals surface area (Å²) in [6.07, 6.45) is -1.04. The molecule has 1 aromatic carbocycles. The monoisotopic (exact) mass is 267 g/mol. The maximum atomic E-state index is 11.7. The van der Waals surface area contributed by atoms with Crippen molar-refractivity contribution >= 4 is 16.1 Å². The van der Waals surface area contributed by atoms with E-state index >= 15 is 0 Å².